The summed E-state index contributed by atoms with van der Waals surface area (Å²) in [7, 11) is -2.00. The molecule has 3 fully saturated rings. The first-order valence-electron chi connectivity index (χ1n) is 14.2. The summed E-state index contributed by atoms with van der Waals surface area (Å²) >= 11 is 0. The van der Waals surface area contributed by atoms with Crippen LogP contribution in [0.15, 0.2) is 30.3 Å². The number of rotatable bonds is 6. The lowest BCUT2D eigenvalue weighted by atomic mass is 9.55. The van der Waals surface area contributed by atoms with Gasteiger partial charge in [-0.25, -0.2) is 0 Å². The zero-order chi connectivity index (χ0) is 25.6. The maximum Gasteiger partial charge on any atom is 0.312 e. The van der Waals surface area contributed by atoms with Crippen LogP contribution in [0.3, 0.4) is 0 Å². The van der Waals surface area contributed by atoms with E-state index in [-0.39, 0.29) is 34.0 Å². The molecule has 0 N–H and O–H groups in total. The SMILES string of the molecule is C[C@@H]1CC[C@@H](C(C)(C)c2ccccc2)[C@H](OC(=O)[C@@H]2C[C@H]3CCCC[C@]32O[Si](C)(C)C(C)(C)C)C1. The van der Waals surface area contributed by atoms with Crippen molar-refractivity contribution < 1.29 is 14.0 Å². The van der Waals surface area contributed by atoms with Crippen molar-refractivity contribution in [2.75, 3.05) is 0 Å². The second kappa shape index (κ2) is 9.63. The van der Waals surface area contributed by atoms with Crippen molar-refractivity contribution in [3.63, 3.8) is 0 Å². The van der Waals surface area contributed by atoms with Crippen LogP contribution in [-0.4, -0.2) is 26.0 Å². The number of carbonyl (C=O) groups excluding carboxylic acids is 1. The molecule has 35 heavy (non-hydrogen) atoms. The number of esters is 1. The number of fused-ring (bicyclic) bond motifs is 1. The average Bonchev–Trinajstić information content (AvgIpc) is 2.76. The molecule has 196 valence electrons. The quantitative estimate of drug-likeness (QED) is 0.292. The van der Waals surface area contributed by atoms with E-state index in [4.69, 9.17) is 9.16 Å². The van der Waals surface area contributed by atoms with Crippen LogP contribution >= 0.6 is 0 Å². The number of hydrogen-bond donors (Lipinski definition) is 0. The largest absolute Gasteiger partial charge is 0.462 e. The normalized spacial score (nSPS) is 34.0. The molecule has 3 nitrogen and oxygen atoms in total. The van der Waals surface area contributed by atoms with E-state index in [1.54, 1.807) is 0 Å². The summed E-state index contributed by atoms with van der Waals surface area (Å²) in [5, 5.41) is 0.136. The highest BCUT2D eigenvalue weighted by atomic mass is 28.4. The number of carbonyl (C=O) groups is 1. The van der Waals surface area contributed by atoms with Gasteiger partial charge in [0.05, 0.1) is 11.5 Å². The Hall–Kier alpha value is -1.13. The van der Waals surface area contributed by atoms with Crippen LogP contribution in [0.5, 0.6) is 0 Å². The molecule has 6 atom stereocenters. The van der Waals surface area contributed by atoms with Crippen molar-refractivity contribution in [2.45, 2.75) is 128 Å². The number of hydrogen-bond acceptors (Lipinski definition) is 3. The van der Waals surface area contributed by atoms with E-state index in [1.165, 1.54) is 31.2 Å². The van der Waals surface area contributed by atoms with Gasteiger partial charge >= 0.3 is 5.97 Å². The van der Waals surface area contributed by atoms with Gasteiger partial charge in [-0.15, -0.1) is 0 Å². The van der Waals surface area contributed by atoms with Crippen LogP contribution in [0.25, 0.3) is 0 Å². The van der Waals surface area contributed by atoms with Crippen molar-refractivity contribution in [3.05, 3.63) is 35.9 Å². The van der Waals surface area contributed by atoms with Gasteiger partial charge in [0.25, 0.3) is 0 Å². The van der Waals surface area contributed by atoms with Crippen LogP contribution in [0.4, 0.5) is 0 Å². The first kappa shape index (κ1) is 26.9. The zero-order valence-electron chi connectivity index (χ0n) is 23.7. The fourth-order valence-electron chi connectivity index (χ4n) is 7.07. The van der Waals surface area contributed by atoms with Crippen molar-refractivity contribution in [1.82, 2.24) is 0 Å². The first-order chi connectivity index (χ1) is 16.3. The monoisotopic (exact) mass is 498 g/mol. The first-order valence-corrected chi connectivity index (χ1v) is 17.1. The smallest absolute Gasteiger partial charge is 0.312 e. The van der Waals surface area contributed by atoms with Gasteiger partial charge in [0, 0.05) is 5.92 Å². The molecule has 4 rings (SSSR count). The lowest BCUT2D eigenvalue weighted by molar-refractivity contribution is -0.203. The third kappa shape index (κ3) is 5.03. The van der Waals surface area contributed by atoms with E-state index in [0.29, 0.717) is 17.8 Å². The van der Waals surface area contributed by atoms with E-state index >= 15 is 0 Å². The Kier molecular flexibility index (Phi) is 7.41. The molecule has 0 saturated heterocycles. The molecule has 0 aromatic heterocycles. The minimum atomic E-state index is -2.00. The van der Waals surface area contributed by atoms with E-state index in [9.17, 15) is 4.79 Å². The van der Waals surface area contributed by atoms with Crippen LogP contribution in [0.2, 0.25) is 18.1 Å². The van der Waals surface area contributed by atoms with Crippen molar-refractivity contribution in [3.8, 4) is 0 Å². The predicted octanol–water partition coefficient (Wildman–Crippen LogP) is 8.28. The summed E-state index contributed by atoms with van der Waals surface area (Å²) in [5.41, 5.74) is 1.02. The van der Waals surface area contributed by atoms with Gasteiger partial charge in [-0.1, -0.05) is 91.1 Å². The fourth-order valence-corrected chi connectivity index (χ4v) is 8.73. The van der Waals surface area contributed by atoms with Gasteiger partial charge in [0.1, 0.15) is 6.10 Å². The molecule has 3 aliphatic rings. The predicted molar refractivity (Wildman–Crippen MR) is 147 cm³/mol. The highest BCUT2D eigenvalue weighted by Crippen LogP contribution is 2.58. The van der Waals surface area contributed by atoms with E-state index in [2.05, 4.69) is 85.0 Å². The molecule has 0 heterocycles. The molecule has 0 unspecified atom stereocenters. The maximum absolute atomic E-state index is 13.9. The highest BCUT2D eigenvalue weighted by molar-refractivity contribution is 6.74. The summed E-state index contributed by atoms with van der Waals surface area (Å²) in [4.78, 5) is 13.9. The third-order valence-electron chi connectivity index (χ3n) is 10.5. The fraction of sp³-hybridized carbons (Fsp3) is 0.774. The molecule has 0 spiro atoms. The van der Waals surface area contributed by atoms with Gasteiger partial charge in [0.2, 0.25) is 0 Å². The summed E-state index contributed by atoms with van der Waals surface area (Å²) in [6.07, 6.45) is 8.86. The molecular weight excluding hydrogens is 448 g/mol. The molecule has 4 heteroatoms. The molecular formula is C31H50O3Si. The maximum atomic E-state index is 13.9. The van der Waals surface area contributed by atoms with E-state index in [1.807, 2.05) is 0 Å². The van der Waals surface area contributed by atoms with Crippen molar-refractivity contribution in [2.24, 2.45) is 23.7 Å². The van der Waals surface area contributed by atoms with Gasteiger partial charge < -0.3 is 9.16 Å². The van der Waals surface area contributed by atoms with Gasteiger partial charge in [-0.3, -0.25) is 4.79 Å². The minimum Gasteiger partial charge on any atom is -0.462 e. The Labute approximate surface area is 215 Å². The zero-order valence-corrected chi connectivity index (χ0v) is 24.7. The second-order valence-corrected chi connectivity index (χ2v) is 18.9. The van der Waals surface area contributed by atoms with Gasteiger partial charge in [-0.05, 0) is 73.1 Å². The van der Waals surface area contributed by atoms with Crippen molar-refractivity contribution in [1.29, 1.82) is 0 Å². The van der Waals surface area contributed by atoms with Crippen LogP contribution in [0, 0.1) is 23.7 Å². The Morgan fingerprint density at radius 2 is 1.66 bits per heavy atom. The Bertz CT molecular complexity index is 886. The third-order valence-corrected chi connectivity index (χ3v) is 15.0. The van der Waals surface area contributed by atoms with Crippen LogP contribution in [-0.2, 0) is 19.4 Å². The molecule has 3 aliphatic carbocycles. The molecule has 0 aliphatic heterocycles. The standard InChI is InChI=1S/C31H50O3Si/c1-22-17-18-25(30(5,6)23-14-10-9-11-15-23)27(20-22)33-28(32)26-21-24-16-12-13-19-31(24,26)34-35(7,8)29(2,3)4/h9-11,14-15,22,24-27H,12-13,16-21H2,1-8H3/t22-,24-,25-,26+,27-,31+/m1/s1. The van der Waals surface area contributed by atoms with Gasteiger partial charge in [-0.2, -0.15) is 0 Å². The van der Waals surface area contributed by atoms with Gasteiger partial charge in [0.15, 0.2) is 8.32 Å². The molecule has 3 saturated carbocycles. The highest BCUT2D eigenvalue weighted by Gasteiger charge is 2.63. The topological polar surface area (TPSA) is 35.5 Å². The molecule has 0 bridgehead atoms. The molecule has 1 aromatic rings. The molecule has 0 radical (unpaired) electrons. The minimum absolute atomic E-state index is 0.0194. The number of benzene rings is 1. The van der Waals surface area contributed by atoms with Crippen LogP contribution < -0.4 is 0 Å². The lowest BCUT2D eigenvalue weighted by Gasteiger charge is -2.61. The lowest BCUT2D eigenvalue weighted by Crippen LogP contribution is -2.66. The molecule has 1 aromatic carbocycles. The average molecular weight is 499 g/mol. The summed E-state index contributed by atoms with van der Waals surface area (Å²) in [5.74, 6) is 1.38. The van der Waals surface area contributed by atoms with Crippen molar-refractivity contribution >= 4 is 14.3 Å². The Morgan fingerprint density at radius 3 is 2.29 bits per heavy atom. The summed E-state index contributed by atoms with van der Waals surface area (Å²) in [6, 6.07) is 10.8. The molecule has 0 amide bonds. The summed E-state index contributed by atoms with van der Waals surface area (Å²) in [6.45, 7) is 18.6. The Morgan fingerprint density at radius 1 is 0.971 bits per heavy atom. The van der Waals surface area contributed by atoms with E-state index in [0.717, 1.165) is 25.7 Å². The Balaban J connectivity index is 1.56. The second-order valence-electron chi connectivity index (χ2n) is 14.1. The van der Waals surface area contributed by atoms with E-state index < -0.39 is 8.32 Å². The van der Waals surface area contributed by atoms with Crippen LogP contribution in [0.1, 0.15) is 98.5 Å². The summed E-state index contributed by atoms with van der Waals surface area (Å²) < 4.78 is 13.7. The number of ether oxygens (including phenoxy) is 1.